The Balaban J connectivity index is 2.79. The first-order chi connectivity index (χ1) is 8.10. The van der Waals surface area contributed by atoms with Gasteiger partial charge < -0.3 is 10.1 Å². The van der Waals surface area contributed by atoms with Crippen LogP contribution in [0.15, 0.2) is 22.7 Å². The average molecular weight is 385 g/mol. The number of amides is 1. The zero-order chi connectivity index (χ0) is 12.8. The molecule has 17 heavy (non-hydrogen) atoms. The average Bonchev–Trinajstić information content (AvgIpc) is 2.31. The Bertz CT molecular complexity index is 401. The van der Waals surface area contributed by atoms with Crippen molar-refractivity contribution in [2.75, 3.05) is 19.0 Å². The van der Waals surface area contributed by atoms with Gasteiger partial charge >= 0.3 is 0 Å². The Hall–Kier alpha value is -0.100. The number of halogens is 3. The van der Waals surface area contributed by atoms with Gasteiger partial charge in [0.25, 0.3) is 5.91 Å². The van der Waals surface area contributed by atoms with Crippen LogP contribution in [0.4, 0.5) is 0 Å². The number of benzene rings is 1. The molecule has 1 atom stereocenters. The summed E-state index contributed by atoms with van der Waals surface area (Å²) in [5, 5.41) is 3.87. The lowest BCUT2D eigenvalue weighted by molar-refractivity contribution is 0.0908. The number of nitrogens with one attached hydrogen (secondary N) is 1. The number of carbonyl (C=O) groups is 1. The lowest BCUT2D eigenvalue weighted by atomic mass is 10.2. The van der Waals surface area contributed by atoms with Crippen LogP contribution in [0, 0.1) is 0 Å². The molecule has 0 saturated heterocycles. The van der Waals surface area contributed by atoms with Gasteiger partial charge in [-0.1, -0.05) is 33.6 Å². The fraction of sp³-hybridized carbons (Fsp3) is 0.364. The predicted octanol–water partition coefficient (Wildman–Crippen LogP) is 3.24. The highest BCUT2D eigenvalue weighted by atomic mass is 79.9. The van der Waals surface area contributed by atoms with Crippen LogP contribution in [-0.4, -0.2) is 31.0 Å². The molecule has 0 aromatic heterocycles. The highest BCUT2D eigenvalue weighted by molar-refractivity contribution is 9.10. The Labute approximate surface area is 122 Å². The van der Waals surface area contributed by atoms with Crippen molar-refractivity contribution >= 4 is 49.4 Å². The van der Waals surface area contributed by atoms with Crippen LogP contribution < -0.4 is 5.32 Å². The van der Waals surface area contributed by atoms with Gasteiger partial charge in [-0.25, -0.2) is 0 Å². The maximum absolute atomic E-state index is 12.0. The van der Waals surface area contributed by atoms with Crippen molar-refractivity contribution in [3.8, 4) is 0 Å². The molecule has 1 amide bonds. The summed E-state index contributed by atoms with van der Waals surface area (Å²) < 4.78 is 5.70. The van der Waals surface area contributed by atoms with Gasteiger partial charge in [0.15, 0.2) is 0 Å². The minimum absolute atomic E-state index is 0.0810. The van der Waals surface area contributed by atoms with Crippen molar-refractivity contribution < 1.29 is 9.53 Å². The molecular formula is C11H12Br2ClNO2. The number of methoxy groups -OCH3 is 1. The normalized spacial score (nSPS) is 12.2. The van der Waals surface area contributed by atoms with Crippen molar-refractivity contribution in [1.82, 2.24) is 5.32 Å². The molecule has 3 nitrogen and oxygen atoms in total. The van der Waals surface area contributed by atoms with Gasteiger partial charge in [-0.2, -0.15) is 0 Å². The smallest absolute Gasteiger partial charge is 0.253 e. The van der Waals surface area contributed by atoms with Crippen LogP contribution in [0.5, 0.6) is 0 Å². The first kappa shape index (κ1) is 15.0. The summed E-state index contributed by atoms with van der Waals surface area (Å²) in [6.07, 6.45) is 0. The minimum atomic E-state index is -0.210. The quantitative estimate of drug-likeness (QED) is 0.791. The van der Waals surface area contributed by atoms with E-state index in [1.54, 1.807) is 25.3 Å². The van der Waals surface area contributed by atoms with Crippen molar-refractivity contribution in [3.63, 3.8) is 0 Å². The standard InChI is InChI=1S/C11H12Br2ClNO2/c1-17-6-7(5-12)15-11(16)8-3-2-4-9(13)10(8)14/h2-4,7H,5-6H2,1H3,(H,15,16). The van der Waals surface area contributed by atoms with Crippen LogP contribution in [0.2, 0.25) is 5.02 Å². The zero-order valence-corrected chi connectivity index (χ0v) is 13.1. The molecule has 1 aromatic rings. The third-order valence-corrected chi connectivity index (χ3v) is 4.16. The number of hydrogen-bond acceptors (Lipinski definition) is 2. The molecule has 1 aromatic carbocycles. The molecular weight excluding hydrogens is 373 g/mol. The van der Waals surface area contributed by atoms with E-state index in [1.165, 1.54) is 0 Å². The molecule has 0 bridgehead atoms. The molecule has 0 saturated carbocycles. The lowest BCUT2D eigenvalue weighted by Crippen LogP contribution is -2.39. The molecule has 0 aliphatic carbocycles. The van der Waals surface area contributed by atoms with E-state index in [1.807, 2.05) is 0 Å². The highest BCUT2D eigenvalue weighted by Crippen LogP contribution is 2.25. The summed E-state index contributed by atoms with van der Waals surface area (Å²) in [5.41, 5.74) is 0.447. The van der Waals surface area contributed by atoms with E-state index >= 15 is 0 Å². The van der Waals surface area contributed by atoms with Gasteiger partial charge in [-0.3, -0.25) is 4.79 Å². The van der Waals surface area contributed by atoms with E-state index in [-0.39, 0.29) is 11.9 Å². The van der Waals surface area contributed by atoms with E-state index in [9.17, 15) is 4.79 Å². The van der Waals surface area contributed by atoms with Gasteiger partial charge in [0, 0.05) is 16.9 Å². The van der Waals surface area contributed by atoms with Crippen molar-refractivity contribution in [2.45, 2.75) is 6.04 Å². The summed E-state index contributed by atoms with van der Waals surface area (Å²) in [6, 6.07) is 5.16. The van der Waals surface area contributed by atoms with Crippen LogP contribution in [0.25, 0.3) is 0 Å². The van der Waals surface area contributed by atoms with Gasteiger partial charge in [0.1, 0.15) is 0 Å². The Morgan fingerprint density at radius 3 is 2.88 bits per heavy atom. The second-order valence-electron chi connectivity index (χ2n) is 3.38. The maximum atomic E-state index is 12.0. The molecule has 6 heteroatoms. The van der Waals surface area contributed by atoms with E-state index < -0.39 is 0 Å². The van der Waals surface area contributed by atoms with Gasteiger partial charge in [0.05, 0.1) is 23.2 Å². The molecule has 1 unspecified atom stereocenters. The molecule has 1 rings (SSSR count). The largest absolute Gasteiger partial charge is 0.383 e. The highest BCUT2D eigenvalue weighted by Gasteiger charge is 2.16. The van der Waals surface area contributed by atoms with E-state index in [4.69, 9.17) is 16.3 Å². The number of carbonyl (C=O) groups excluding carboxylic acids is 1. The summed E-state index contributed by atoms with van der Waals surface area (Å²) >= 11 is 12.6. The SMILES string of the molecule is COCC(CBr)NC(=O)c1cccc(Br)c1Cl. The van der Waals surface area contributed by atoms with Crippen molar-refractivity contribution in [3.05, 3.63) is 33.3 Å². The fourth-order valence-corrected chi connectivity index (χ4v) is 2.20. The number of ether oxygens (including phenoxy) is 1. The first-order valence-corrected chi connectivity index (χ1v) is 7.19. The number of rotatable bonds is 5. The molecule has 0 fully saturated rings. The van der Waals surface area contributed by atoms with Crippen LogP contribution in [-0.2, 0) is 4.74 Å². The summed E-state index contributed by atoms with van der Waals surface area (Å²) in [4.78, 5) is 12.0. The van der Waals surface area contributed by atoms with Gasteiger partial charge in [0.2, 0.25) is 0 Å². The summed E-state index contributed by atoms with van der Waals surface area (Å²) in [5.74, 6) is -0.210. The molecule has 0 heterocycles. The predicted molar refractivity (Wildman–Crippen MR) is 76.1 cm³/mol. The van der Waals surface area contributed by atoms with Gasteiger partial charge in [-0.05, 0) is 28.1 Å². The van der Waals surface area contributed by atoms with Crippen LogP contribution in [0.1, 0.15) is 10.4 Å². The first-order valence-electron chi connectivity index (χ1n) is 4.90. The Morgan fingerprint density at radius 1 is 1.59 bits per heavy atom. The molecule has 1 N–H and O–H groups in total. The molecule has 0 radical (unpaired) electrons. The number of alkyl halides is 1. The zero-order valence-electron chi connectivity index (χ0n) is 9.17. The Morgan fingerprint density at radius 2 is 2.29 bits per heavy atom. The van der Waals surface area contributed by atoms with Crippen LogP contribution >= 0.6 is 43.5 Å². The third-order valence-electron chi connectivity index (χ3n) is 2.09. The minimum Gasteiger partial charge on any atom is -0.383 e. The van der Waals surface area contributed by atoms with Crippen LogP contribution in [0.3, 0.4) is 0 Å². The van der Waals surface area contributed by atoms with Crippen molar-refractivity contribution in [2.24, 2.45) is 0 Å². The van der Waals surface area contributed by atoms with E-state index in [0.717, 1.165) is 0 Å². The topological polar surface area (TPSA) is 38.3 Å². The second-order valence-corrected chi connectivity index (χ2v) is 5.26. The fourth-order valence-electron chi connectivity index (χ4n) is 1.27. The maximum Gasteiger partial charge on any atom is 0.253 e. The summed E-state index contributed by atoms with van der Waals surface area (Å²) in [7, 11) is 1.59. The molecule has 0 aliphatic rings. The molecule has 0 aliphatic heterocycles. The van der Waals surface area contributed by atoms with E-state index in [2.05, 4.69) is 37.2 Å². The van der Waals surface area contributed by atoms with Crippen molar-refractivity contribution in [1.29, 1.82) is 0 Å². The number of hydrogen-bond donors (Lipinski definition) is 1. The lowest BCUT2D eigenvalue weighted by Gasteiger charge is -2.15. The Kier molecular flexibility index (Phi) is 6.48. The second kappa shape index (κ2) is 7.36. The van der Waals surface area contributed by atoms with E-state index in [0.29, 0.717) is 27.0 Å². The summed E-state index contributed by atoms with van der Waals surface area (Å²) in [6.45, 7) is 0.447. The monoisotopic (exact) mass is 383 g/mol. The third kappa shape index (κ3) is 4.25. The molecule has 0 spiro atoms. The van der Waals surface area contributed by atoms with Gasteiger partial charge in [-0.15, -0.1) is 0 Å². The molecule has 94 valence electrons.